The highest BCUT2D eigenvalue weighted by molar-refractivity contribution is 6.16. The summed E-state index contributed by atoms with van der Waals surface area (Å²) >= 11 is 5.74. The van der Waals surface area contributed by atoms with Gasteiger partial charge in [-0.2, -0.15) is 0 Å². The third-order valence-electron chi connectivity index (χ3n) is 2.69. The molecule has 0 fully saturated rings. The number of pyridine rings is 1. The van der Waals surface area contributed by atoms with E-state index in [4.69, 9.17) is 16.3 Å². The molecule has 2 rings (SSSR count). The molecule has 0 spiro atoms. The Labute approximate surface area is 106 Å². The summed E-state index contributed by atoms with van der Waals surface area (Å²) in [5.74, 6) is 1.81. The van der Waals surface area contributed by atoms with Gasteiger partial charge in [0.1, 0.15) is 5.75 Å². The van der Waals surface area contributed by atoms with E-state index in [2.05, 4.69) is 18.0 Å². The van der Waals surface area contributed by atoms with Crippen molar-refractivity contribution < 1.29 is 4.74 Å². The van der Waals surface area contributed by atoms with E-state index in [0.29, 0.717) is 11.8 Å². The number of aryl methyl sites for hydroxylation is 1. The van der Waals surface area contributed by atoms with Crippen LogP contribution in [0.15, 0.2) is 36.4 Å². The number of benzene rings is 1. The van der Waals surface area contributed by atoms with Gasteiger partial charge in [-0.3, -0.25) is 0 Å². The molecule has 88 valence electrons. The first-order chi connectivity index (χ1) is 8.20. The molecule has 0 radical (unpaired) electrons. The lowest BCUT2D eigenvalue weighted by Crippen LogP contribution is -1.93. The largest absolute Gasteiger partial charge is 0.439 e. The van der Waals surface area contributed by atoms with Gasteiger partial charge in [0.2, 0.25) is 5.88 Å². The third kappa shape index (κ3) is 2.77. The minimum Gasteiger partial charge on any atom is -0.439 e. The molecule has 0 aliphatic carbocycles. The molecular weight excluding hydrogens is 234 g/mol. The van der Waals surface area contributed by atoms with Gasteiger partial charge in [-0.1, -0.05) is 18.2 Å². The van der Waals surface area contributed by atoms with E-state index < -0.39 is 0 Å². The van der Waals surface area contributed by atoms with Gasteiger partial charge in [-0.15, -0.1) is 11.6 Å². The van der Waals surface area contributed by atoms with E-state index in [1.54, 1.807) is 0 Å². The minimum absolute atomic E-state index is 0.393. The monoisotopic (exact) mass is 247 g/mol. The summed E-state index contributed by atoms with van der Waals surface area (Å²) in [5, 5.41) is 0. The highest BCUT2D eigenvalue weighted by Gasteiger charge is 2.04. The number of aromatic nitrogens is 1. The molecule has 2 aromatic rings. The summed E-state index contributed by atoms with van der Waals surface area (Å²) in [6.07, 6.45) is 0. The quantitative estimate of drug-likeness (QED) is 0.758. The molecule has 0 unspecified atom stereocenters. The lowest BCUT2D eigenvalue weighted by atomic mass is 10.1. The third-order valence-corrected chi connectivity index (χ3v) is 2.96. The average Bonchev–Trinajstić information content (AvgIpc) is 2.35. The van der Waals surface area contributed by atoms with Gasteiger partial charge in [-0.25, -0.2) is 4.98 Å². The van der Waals surface area contributed by atoms with E-state index in [1.165, 1.54) is 5.56 Å². The molecule has 0 aliphatic heterocycles. The second kappa shape index (κ2) is 5.19. The van der Waals surface area contributed by atoms with Crippen LogP contribution in [0.1, 0.15) is 16.8 Å². The van der Waals surface area contributed by atoms with Crippen LogP contribution in [-0.4, -0.2) is 4.98 Å². The molecule has 2 nitrogen and oxygen atoms in total. The van der Waals surface area contributed by atoms with Gasteiger partial charge in [0.05, 0.1) is 11.6 Å². The number of hydrogen-bond donors (Lipinski definition) is 0. The predicted octanol–water partition coefficient (Wildman–Crippen LogP) is 4.23. The second-order valence-corrected chi connectivity index (χ2v) is 4.17. The first kappa shape index (κ1) is 11.9. The number of ether oxygens (including phenoxy) is 1. The van der Waals surface area contributed by atoms with Crippen molar-refractivity contribution in [2.24, 2.45) is 0 Å². The van der Waals surface area contributed by atoms with E-state index in [0.717, 1.165) is 17.0 Å². The summed E-state index contributed by atoms with van der Waals surface area (Å²) in [6.45, 7) is 4.10. The number of rotatable bonds is 3. The molecule has 1 aromatic heterocycles. The molecule has 0 amide bonds. The van der Waals surface area contributed by atoms with Crippen LogP contribution in [0.4, 0.5) is 0 Å². The fraction of sp³-hybridized carbons (Fsp3) is 0.214. The summed E-state index contributed by atoms with van der Waals surface area (Å²) in [7, 11) is 0. The Kier molecular flexibility index (Phi) is 3.64. The maximum absolute atomic E-state index is 5.76. The Morgan fingerprint density at radius 2 is 1.88 bits per heavy atom. The van der Waals surface area contributed by atoms with Gasteiger partial charge >= 0.3 is 0 Å². The fourth-order valence-corrected chi connectivity index (χ4v) is 1.69. The lowest BCUT2D eigenvalue weighted by Gasteiger charge is -2.10. The van der Waals surface area contributed by atoms with Crippen molar-refractivity contribution in [3.05, 3.63) is 53.2 Å². The summed E-state index contributed by atoms with van der Waals surface area (Å²) < 4.78 is 5.76. The van der Waals surface area contributed by atoms with Crippen LogP contribution >= 0.6 is 11.6 Å². The van der Waals surface area contributed by atoms with Crippen LogP contribution in [0.3, 0.4) is 0 Å². The molecule has 1 aromatic carbocycles. The van der Waals surface area contributed by atoms with Crippen LogP contribution in [-0.2, 0) is 5.88 Å². The Balaban J connectivity index is 2.28. The Morgan fingerprint density at radius 1 is 1.12 bits per heavy atom. The second-order valence-electron chi connectivity index (χ2n) is 3.90. The molecular formula is C14H14ClNO. The van der Waals surface area contributed by atoms with E-state index in [-0.39, 0.29) is 0 Å². The Bertz CT molecular complexity index is 525. The molecule has 0 bridgehead atoms. The molecule has 1 heterocycles. The Hall–Kier alpha value is -1.54. The molecule has 0 saturated heterocycles. The van der Waals surface area contributed by atoms with E-state index in [9.17, 15) is 0 Å². The number of alkyl halides is 1. The van der Waals surface area contributed by atoms with Crippen molar-refractivity contribution in [3.63, 3.8) is 0 Å². The van der Waals surface area contributed by atoms with Crippen molar-refractivity contribution in [1.29, 1.82) is 0 Å². The first-order valence-corrected chi connectivity index (χ1v) is 6.00. The van der Waals surface area contributed by atoms with Gasteiger partial charge in [0, 0.05) is 6.07 Å². The van der Waals surface area contributed by atoms with Crippen LogP contribution in [0.5, 0.6) is 11.6 Å². The van der Waals surface area contributed by atoms with Crippen LogP contribution in [0, 0.1) is 13.8 Å². The topological polar surface area (TPSA) is 22.1 Å². The van der Waals surface area contributed by atoms with Gasteiger partial charge < -0.3 is 4.74 Å². The standard InChI is InChI=1S/C14H14ClNO/c1-10-5-3-7-13(11(10)2)17-14-8-4-6-12(9-15)16-14/h3-8H,9H2,1-2H3. The maximum Gasteiger partial charge on any atom is 0.219 e. The van der Waals surface area contributed by atoms with Crippen LogP contribution in [0.25, 0.3) is 0 Å². The highest BCUT2D eigenvalue weighted by atomic mass is 35.5. The number of halogens is 1. The molecule has 0 aliphatic rings. The predicted molar refractivity (Wildman–Crippen MR) is 69.8 cm³/mol. The Morgan fingerprint density at radius 3 is 2.65 bits per heavy atom. The lowest BCUT2D eigenvalue weighted by molar-refractivity contribution is 0.457. The molecule has 0 atom stereocenters. The van der Waals surface area contributed by atoms with Gasteiger partial charge in [0.25, 0.3) is 0 Å². The molecule has 17 heavy (non-hydrogen) atoms. The maximum atomic E-state index is 5.76. The first-order valence-electron chi connectivity index (χ1n) is 5.46. The SMILES string of the molecule is Cc1cccc(Oc2cccc(CCl)n2)c1C. The van der Waals surface area contributed by atoms with Crippen LogP contribution in [0.2, 0.25) is 0 Å². The normalized spacial score (nSPS) is 10.3. The van der Waals surface area contributed by atoms with Crippen molar-refractivity contribution >= 4 is 11.6 Å². The molecule has 3 heteroatoms. The highest BCUT2D eigenvalue weighted by Crippen LogP contribution is 2.25. The summed E-state index contributed by atoms with van der Waals surface area (Å²) in [4.78, 5) is 4.30. The molecule has 0 saturated carbocycles. The van der Waals surface area contributed by atoms with Crippen molar-refractivity contribution in [3.8, 4) is 11.6 Å². The van der Waals surface area contributed by atoms with Crippen molar-refractivity contribution in [1.82, 2.24) is 4.98 Å². The van der Waals surface area contributed by atoms with Crippen molar-refractivity contribution in [2.45, 2.75) is 19.7 Å². The smallest absolute Gasteiger partial charge is 0.219 e. The van der Waals surface area contributed by atoms with E-state index >= 15 is 0 Å². The van der Waals surface area contributed by atoms with E-state index in [1.807, 2.05) is 37.3 Å². The minimum atomic E-state index is 0.393. The average molecular weight is 248 g/mol. The van der Waals surface area contributed by atoms with Gasteiger partial charge in [-0.05, 0) is 37.1 Å². The fourth-order valence-electron chi connectivity index (χ4n) is 1.54. The number of hydrogen-bond acceptors (Lipinski definition) is 2. The summed E-state index contributed by atoms with van der Waals surface area (Å²) in [5.41, 5.74) is 3.15. The zero-order valence-corrected chi connectivity index (χ0v) is 10.7. The summed E-state index contributed by atoms with van der Waals surface area (Å²) in [6, 6.07) is 11.6. The van der Waals surface area contributed by atoms with Crippen LogP contribution < -0.4 is 4.74 Å². The zero-order valence-electron chi connectivity index (χ0n) is 9.90. The van der Waals surface area contributed by atoms with Gasteiger partial charge in [0.15, 0.2) is 0 Å². The van der Waals surface area contributed by atoms with Crippen molar-refractivity contribution in [2.75, 3.05) is 0 Å². The zero-order chi connectivity index (χ0) is 12.3. The molecule has 0 N–H and O–H groups in total. The number of nitrogens with zero attached hydrogens (tertiary/aromatic N) is 1.